The van der Waals surface area contributed by atoms with Crippen LogP contribution in [-0.4, -0.2) is 56.2 Å². The van der Waals surface area contributed by atoms with Gasteiger partial charge in [0.05, 0.1) is 47.6 Å². The van der Waals surface area contributed by atoms with Gasteiger partial charge in [0.1, 0.15) is 0 Å². The van der Waals surface area contributed by atoms with Crippen molar-refractivity contribution in [2.45, 2.75) is 0 Å². The molecule has 0 N–H and O–H groups in total. The van der Waals surface area contributed by atoms with Gasteiger partial charge in [-0.15, -0.1) is 19.7 Å². The number of halogens is 1. The molecule has 0 aromatic carbocycles. The molecule has 23 heavy (non-hydrogen) atoms. The van der Waals surface area contributed by atoms with Crippen molar-refractivity contribution in [3.8, 4) is 0 Å². The average Bonchev–Trinajstić information content (AvgIpc) is 2.28. The molecule has 0 aromatic heterocycles. The molecular formula is C10H15FO9S3. The van der Waals surface area contributed by atoms with Gasteiger partial charge in [0.25, 0.3) is 0 Å². The second-order valence-electron chi connectivity index (χ2n) is 3.04. The molecule has 0 unspecified atom stereocenters. The second kappa shape index (κ2) is 15.8. The Labute approximate surface area is 136 Å². The molecule has 0 aromatic rings. The Morgan fingerprint density at radius 2 is 0.783 bits per heavy atom. The predicted octanol–water partition coefficient (Wildman–Crippen LogP) is -0.346. The van der Waals surface area contributed by atoms with Crippen LogP contribution in [0, 0.1) is 7.18 Å². The second-order valence-corrected chi connectivity index (χ2v) is 7.39. The Hall–Kier alpha value is -1.12. The van der Waals surface area contributed by atoms with E-state index in [0.717, 1.165) is 18.2 Å². The van der Waals surface area contributed by atoms with Crippen molar-refractivity contribution in [3.63, 3.8) is 0 Å². The third-order valence-electron chi connectivity index (χ3n) is 0.966. The molecule has 0 atom stereocenters. The van der Waals surface area contributed by atoms with Crippen LogP contribution in [0.5, 0.6) is 0 Å². The van der Waals surface area contributed by atoms with E-state index in [1.807, 2.05) is 0 Å². The van der Waals surface area contributed by atoms with E-state index >= 15 is 0 Å². The van der Waals surface area contributed by atoms with Crippen molar-refractivity contribution >= 4 is 30.4 Å². The summed E-state index contributed by atoms with van der Waals surface area (Å²) in [4.78, 5) is 0. The summed E-state index contributed by atoms with van der Waals surface area (Å²) in [7, 11) is -7.88. The molecule has 0 fully saturated rings. The van der Waals surface area contributed by atoms with E-state index in [9.17, 15) is 38.9 Å². The Morgan fingerprint density at radius 3 is 0.783 bits per heavy atom. The Balaban J connectivity index is -0.000000111. The minimum absolute atomic E-state index is 0.479. The Morgan fingerprint density at radius 1 is 0.652 bits per heavy atom. The molecule has 0 aliphatic carbocycles. The molecule has 9 nitrogen and oxygen atoms in total. The van der Waals surface area contributed by atoms with Gasteiger partial charge in [-0.1, -0.05) is 18.2 Å². The third kappa shape index (κ3) is 62.9. The molecule has 0 rings (SSSR count). The van der Waals surface area contributed by atoms with Crippen LogP contribution in [0.3, 0.4) is 0 Å². The summed E-state index contributed by atoms with van der Waals surface area (Å²) in [6, 6.07) is 0. The summed E-state index contributed by atoms with van der Waals surface area (Å²) in [6.07, 6.45) is 3.17. The van der Waals surface area contributed by atoms with Crippen LogP contribution in [0.4, 0.5) is 4.39 Å². The fraction of sp³-hybridized carbons (Fsp3) is 0.300. The summed E-state index contributed by atoms with van der Waals surface area (Å²) in [5.74, 6) is -1.44. The van der Waals surface area contributed by atoms with Gasteiger partial charge in [-0.25, -0.2) is 25.3 Å². The van der Waals surface area contributed by atoms with Crippen molar-refractivity contribution in [2.24, 2.45) is 0 Å². The van der Waals surface area contributed by atoms with Gasteiger partial charge in [0.15, 0.2) is 0 Å². The topological polar surface area (TPSA) is 172 Å². The Bertz CT molecular complexity index is 528. The minimum atomic E-state index is -4.04. The van der Waals surface area contributed by atoms with Crippen molar-refractivity contribution in [3.05, 3.63) is 45.1 Å². The monoisotopic (exact) mass is 394 g/mol. The summed E-state index contributed by atoms with van der Waals surface area (Å²) in [5.41, 5.74) is 0. The molecule has 0 saturated heterocycles. The molecule has 0 spiro atoms. The van der Waals surface area contributed by atoms with Gasteiger partial charge in [-0.2, -0.15) is 0 Å². The molecule has 0 bridgehead atoms. The first-order valence-corrected chi connectivity index (χ1v) is 9.74. The molecule has 134 valence electrons. The average molecular weight is 394 g/mol. The number of hydrogen-bond acceptors (Lipinski definition) is 9. The van der Waals surface area contributed by atoms with E-state index in [-0.39, 0.29) is 0 Å². The molecule has 0 radical (unpaired) electrons. The van der Waals surface area contributed by atoms with Crippen LogP contribution in [-0.2, 0) is 30.4 Å². The maximum atomic E-state index is 9.60. The maximum absolute atomic E-state index is 9.60. The van der Waals surface area contributed by atoms with E-state index in [2.05, 4.69) is 26.9 Å². The zero-order chi connectivity index (χ0) is 19.7. The van der Waals surface area contributed by atoms with Crippen LogP contribution in [0.25, 0.3) is 0 Å². The Kier molecular flexibility index (Phi) is 20.5. The number of rotatable bonds is 6. The molecule has 0 saturated carbocycles. The van der Waals surface area contributed by atoms with Gasteiger partial charge < -0.3 is 13.7 Å². The van der Waals surface area contributed by atoms with Crippen molar-refractivity contribution in [1.82, 2.24) is 0 Å². The van der Waals surface area contributed by atoms with E-state index in [1.165, 1.54) is 0 Å². The van der Waals surface area contributed by atoms with Gasteiger partial charge in [0, 0.05) is 0 Å². The summed E-state index contributed by atoms with van der Waals surface area (Å²) < 4.78 is 95.2. The van der Waals surface area contributed by atoms with Crippen molar-refractivity contribution in [2.75, 3.05) is 17.3 Å². The van der Waals surface area contributed by atoms with Crippen LogP contribution in [0.15, 0.2) is 38.0 Å². The molecule has 0 heterocycles. The van der Waals surface area contributed by atoms with E-state index in [0.29, 0.717) is 0 Å². The molecular weight excluding hydrogens is 379 g/mol. The standard InChI is InChI=1S/3C3H6O3S.CF/c3*1-2-3-7(4,5)6;1-2/h3*2H,1,3H2,(H,4,5,6);/q;;;+3/p-3. The van der Waals surface area contributed by atoms with Crippen LogP contribution >= 0.6 is 0 Å². The van der Waals surface area contributed by atoms with Crippen molar-refractivity contribution in [1.29, 1.82) is 0 Å². The summed E-state index contributed by atoms with van der Waals surface area (Å²) >= 11 is 0. The zero-order valence-corrected chi connectivity index (χ0v) is 14.2. The van der Waals surface area contributed by atoms with Gasteiger partial charge in [-0.3, -0.25) is 0 Å². The molecule has 0 aliphatic heterocycles. The van der Waals surface area contributed by atoms with E-state index in [1.54, 1.807) is 0 Å². The van der Waals surface area contributed by atoms with Gasteiger partial charge in [0.2, 0.25) is 0 Å². The van der Waals surface area contributed by atoms with Crippen LogP contribution in [0.2, 0.25) is 0 Å². The quantitative estimate of drug-likeness (QED) is 0.431. The van der Waals surface area contributed by atoms with E-state index < -0.39 is 47.6 Å². The van der Waals surface area contributed by atoms with Crippen LogP contribution < -0.4 is 0 Å². The normalized spacial score (nSPS) is 10.3. The fourth-order valence-electron chi connectivity index (χ4n) is 0.433. The van der Waals surface area contributed by atoms with Gasteiger partial charge in [-0.05, 0) is 0 Å². The summed E-state index contributed by atoms with van der Waals surface area (Å²) in [5, 5.41) is 0. The van der Waals surface area contributed by atoms with Crippen molar-refractivity contribution < 1.29 is 43.3 Å². The zero-order valence-electron chi connectivity index (χ0n) is 11.8. The summed E-state index contributed by atoms with van der Waals surface area (Å²) in [6.45, 7) is 9.20. The first kappa shape index (κ1) is 29.8. The molecule has 0 amide bonds. The van der Waals surface area contributed by atoms with Crippen LogP contribution in [0.1, 0.15) is 0 Å². The first-order chi connectivity index (χ1) is 10.2. The van der Waals surface area contributed by atoms with E-state index in [4.69, 9.17) is 4.39 Å². The number of hydrogen-bond donors (Lipinski definition) is 0. The first-order valence-electron chi connectivity index (χ1n) is 5.00. The molecule has 0 aliphatic rings. The predicted molar refractivity (Wildman–Crippen MR) is 78.6 cm³/mol. The molecule has 13 heteroatoms. The SMILES string of the molecule is C=CCS(=O)(=O)[O-].C=CCS(=O)(=O)[O-].C=CCS(=O)(=O)[O-].[C+3]F. The fourth-order valence-corrected chi connectivity index (χ4v) is 1.30. The van der Waals surface area contributed by atoms with Gasteiger partial charge >= 0.3 is 11.6 Å². The third-order valence-corrected chi connectivity index (χ3v) is 2.90.